The summed E-state index contributed by atoms with van der Waals surface area (Å²) in [4.78, 5) is 10.7. The summed E-state index contributed by atoms with van der Waals surface area (Å²) < 4.78 is 5.60. The van der Waals surface area contributed by atoms with Crippen LogP contribution in [0.2, 0.25) is 0 Å². The lowest BCUT2D eigenvalue weighted by Crippen LogP contribution is -2.38. The zero-order chi connectivity index (χ0) is 9.61. The molecule has 4 heteroatoms. The first kappa shape index (κ1) is 11.0. The van der Waals surface area contributed by atoms with Crippen LogP contribution < -0.4 is 5.32 Å². The van der Waals surface area contributed by atoms with Crippen molar-refractivity contribution in [2.45, 2.75) is 0 Å². The molecular weight excluding hydrogens is 156 g/mol. The van der Waals surface area contributed by atoms with Gasteiger partial charge in [-0.2, -0.15) is 0 Å². The van der Waals surface area contributed by atoms with Crippen molar-refractivity contribution in [2.24, 2.45) is 0 Å². The molecule has 4 nitrogen and oxygen atoms in total. The molecule has 70 valence electrons. The predicted molar refractivity (Wildman–Crippen MR) is 47.6 cm³/mol. The van der Waals surface area contributed by atoms with E-state index in [1.165, 1.54) is 6.20 Å². The van der Waals surface area contributed by atoms with E-state index in [0.717, 1.165) is 11.0 Å². The summed E-state index contributed by atoms with van der Waals surface area (Å²) >= 11 is 0. The van der Waals surface area contributed by atoms with E-state index in [-0.39, 0.29) is 0 Å². The van der Waals surface area contributed by atoms with Crippen molar-refractivity contribution < 1.29 is 14.0 Å². The summed E-state index contributed by atoms with van der Waals surface area (Å²) in [5, 5.41) is 2.33. The van der Waals surface area contributed by atoms with Crippen molar-refractivity contribution in [1.82, 2.24) is 5.32 Å². The molecule has 0 aromatic rings. The third-order valence-corrected chi connectivity index (χ3v) is 1.22. The molecule has 0 rings (SSSR count). The normalized spacial score (nSPS) is 10.6. The Bertz CT molecular complexity index is 161. The molecular formula is C8H17N2O2+. The van der Waals surface area contributed by atoms with E-state index in [1.807, 2.05) is 21.1 Å². The van der Waals surface area contributed by atoms with Gasteiger partial charge in [-0.15, -0.1) is 0 Å². The number of likely N-dealkylation sites (N-methyl/N-ethyl adjacent to an activating group) is 1. The predicted octanol–water partition coefficient (Wildman–Crippen LogP) is 0.562. The van der Waals surface area contributed by atoms with Gasteiger partial charge in [0.05, 0.1) is 21.1 Å². The second-order valence-electron chi connectivity index (χ2n) is 3.50. The van der Waals surface area contributed by atoms with Crippen LogP contribution in [0.3, 0.4) is 0 Å². The molecule has 0 radical (unpaired) electrons. The average molecular weight is 173 g/mol. The van der Waals surface area contributed by atoms with Crippen LogP contribution in [0.15, 0.2) is 12.8 Å². The fraction of sp³-hybridized carbons (Fsp3) is 0.625. The minimum Gasteiger partial charge on any atom is -0.443 e. The highest BCUT2D eigenvalue weighted by Crippen LogP contribution is 1.89. The van der Waals surface area contributed by atoms with Gasteiger partial charge >= 0.3 is 6.09 Å². The minimum atomic E-state index is -0.446. The number of rotatable bonds is 4. The SMILES string of the molecule is C=CNC(=O)OCC[N+](C)(C)C. The zero-order valence-electron chi connectivity index (χ0n) is 7.96. The first-order valence-electron chi connectivity index (χ1n) is 3.80. The van der Waals surface area contributed by atoms with Crippen LogP contribution in [0.4, 0.5) is 4.79 Å². The Morgan fingerprint density at radius 3 is 2.58 bits per heavy atom. The topological polar surface area (TPSA) is 38.3 Å². The molecule has 0 aliphatic carbocycles. The molecule has 0 unspecified atom stereocenters. The molecule has 0 bridgehead atoms. The fourth-order valence-corrected chi connectivity index (χ4v) is 0.537. The number of carbonyl (C=O) groups excluding carboxylic acids is 1. The third kappa shape index (κ3) is 7.08. The number of hydrogen-bond acceptors (Lipinski definition) is 2. The summed E-state index contributed by atoms with van der Waals surface area (Å²) in [5.74, 6) is 0. The van der Waals surface area contributed by atoms with Crippen LogP contribution in [0.25, 0.3) is 0 Å². The quantitative estimate of drug-likeness (QED) is 0.631. The van der Waals surface area contributed by atoms with Crippen molar-refractivity contribution in [2.75, 3.05) is 34.3 Å². The average Bonchev–Trinajstić information content (AvgIpc) is 1.84. The molecule has 0 saturated heterocycles. The van der Waals surface area contributed by atoms with E-state index in [9.17, 15) is 4.79 Å². The minimum absolute atomic E-state index is 0.420. The Morgan fingerprint density at radius 2 is 2.17 bits per heavy atom. The summed E-state index contributed by atoms with van der Waals surface area (Å²) in [7, 11) is 6.11. The molecule has 0 aromatic heterocycles. The first-order chi connectivity index (χ1) is 5.45. The van der Waals surface area contributed by atoms with Crippen LogP contribution >= 0.6 is 0 Å². The van der Waals surface area contributed by atoms with Gasteiger partial charge in [0.25, 0.3) is 0 Å². The summed E-state index contributed by atoms with van der Waals surface area (Å²) in [5.41, 5.74) is 0. The number of nitrogens with one attached hydrogen (secondary N) is 1. The smallest absolute Gasteiger partial charge is 0.411 e. The van der Waals surface area contributed by atoms with Crippen molar-refractivity contribution >= 4 is 6.09 Å². The van der Waals surface area contributed by atoms with Crippen molar-refractivity contribution in [3.05, 3.63) is 12.8 Å². The highest BCUT2D eigenvalue weighted by Gasteiger charge is 2.07. The molecule has 0 fully saturated rings. The zero-order valence-corrected chi connectivity index (χ0v) is 7.96. The number of nitrogens with zero attached hydrogens (tertiary/aromatic N) is 1. The van der Waals surface area contributed by atoms with Gasteiger partial charge in [-0.1, -0.05) is 6.58 Å². The highest BCUT2D eigenvalue weighted by atomic mass is 16.5. The lowest BCUT2D eigenvalue weighted by molar-refractivity contribution is -0.870. The van der Waals surface area contributed by atoms with Crippen LogP contribution in [0.1, 0.15) is 0 Å². The Labute approximate surface area is 73.4 Å². The Balaban J connectivity index is 3.43. The second kappa shape index (κ2) is 4.77. The van der Waals surface area contributed by atoms with Gasteiger partial charge in [0.15, 0.2) is 0 Å². The van der Waals surface area contributed by atoms with Crippen LogP contribution in [-0.2, 0) is 4.74 Å². The van der Waals surface area contributed by atoms with Crippen molar-refractivity contribution in [1.29, 1.82) is 0 Å². The molecule has 0 saturated carbocycles. The lowest BCUT2D eigenvalue weighted by atomic mass is 10.5. The monoisotopic (exact) mass is 173 g/mol. The van der Waals surface area contributed by atoms with Gasteiger partial charge in [-0.05, 0) is 6.20 Å². The third-order valence-electron chi connectivity index (χ3n) is 1.22. The molecule has 1 amide bonds. The second-order valence-corrected chi connectivity index (χ2v) is 3.50. The number of carbonyl (C=O) groups is 1. The summed E-state index contributed by atoms with van der Waals surface area (Å²) in [6.45, 7) is 4.56. The summed E-state index contributed by atoms with van der Waals surface area (Å²) in [6, 6.07) is 0. The van der Waals surface area contributed by atoms with E-state index < -0.39 is 6.09 Å². The first-order valence-corrected chi connectivity index (χ1v) is 3.80. The standard InChI is InChI=1S/C8H16N2O2/c1-5-9-8(11)12-7-6-10(2,3)4/h5H,1,6-7H2,2-4H3/p+1. The van der Waals surface area contributed by atoms with Crippen molar-refractivity contribution in [3.63, 3.8) is 0 Å². The van der Waals surface area contributed by atoms with E-state index in [4.69, 9.17) is 4.74 Å². The largest absolute Gasteiger partial charge is 0.443 e. The molecule has 0 atom stereocenters. The molecule has 0 heterocycles. The molecule has 0 aromatic carbocycles. The van der Waals surface area contributed by atoms with Gasteiger partial charge < -0.3 is 9.22 Å². The maximum atomic E-state index is 10.7. The number of amides is 1. The van der Waals surface area contributed by atoms with Crippen molar-refractivity contribution in [3.8, 4) is 0 Å². The van der Waals surface area contributed by atoms with Crippen LogP contribution in [0.5, 0.6) is 0 Å². The Kier molecular flexibility index (Phi) is 4.36. The van der Waals surface area contributed by atoms with Gasteiger partial charge in [0.2, 0.25) is 0 Å². The van der Waals surface area contributed by atoms with E-state index in [2.05, 4.69) is 11.9 Å². The Morgan fingerprint density at radius 1 is 1.58 bits per heavy atom. The summed E-state index contributed by atoms with van der Waals surface area (Å²) in [6.07, 6.45) is 0.854. The number of ether oxygens (including phenoxy) is 1. The van der Waals surface area contributed by atoms with E-state index in [1.54, 1.807) is 0 Å². The maximum absolute atomic E-state index is 10.7. The Hall–Kier alpha value is -1.03. The van der Waals surface area contributed by atoms with Gasteiger partial charge in [0.1, 0.15) is 13.2 Å². The fourth-order valence-electron chi connectivity index (χ4n) is 0.537. The number of hydrogen-bond donors (Lipinski definition) is 1. The van der Waals surface area contributed by atoms with E-state index >= 15 is 0 Å². The van der Waals surface area contributed by atoms with Gasteiger partial charge in [-0.25, -0.2) is 4.79 Å². The lowest BCUT2D eigenvalue weighted by Gasteiger charge is -2.23. The molecule has 0 spiro atoms. The molecule has 1 N–H and O–H groups in total. The maximum Gasteiger partial charge on any atom is 0.411 e. The van der Waals surface area contributed by atoms with Crippen LogP contribution in [-0.4, -0.2) is 44.9 Å². The molecule has 0 aliphatic rings. The van der Waals surface area contributed by atoms with Gasteiger partial charge in [0, 0.05) is 0 Å². The van der Waals surface area contributed by atoms with Gasteiger partial charge in [-0.3, -0.25) is 5.32 Å². The van der Waals surface area contributed by atoms with Crippen LogP contribution in [0, 0.1) is 0 Å². The molecule has 12 heavy (non-hydrogen) atoms. The molecule has 0 aliphatic heterocycles. The number of quaternary nitrogens is 1. The highest BCUT2D eigenvalue weighted by molar-refractivity contribution is 5.68. The van der Waals surface area contributed by atoms with E-state index in [0.29, 0.717) is 6.61 Å². The number of alkyl carbamates (subject to hydrolysis) is 1.